The molecule has 0 saturated carbocycles. The van der Waals surface area contributed by atoms with Crippen molar-refractivity contribution < 1.29 is 0 Å². The van der Waals surface area contributed by atoms with Crippen LogP contribution < -0.4 is 5.01 Å². The molecule has 7 aromatic rings. The Labute approximate surface area is 258 Å². The van der Waals surface area contributed by atoms with E-state index in [9.17, 15) is 0 Å². The second-order valence-electron chi connectivity index (χ2n) is 12.6. The standard InChI is InChI=1S/C42H32N2/c1-42(2)35-22-11-9-21-34(35)40-36(42)25-24-33-32-20-10-12-23-37(32)44(41(33)40)43-38(29-16-7-4-8-17-29)27-39(43)31-19-13-18-30(26-31)28-14-5-3-6-15-28/h3-27,39H,1-2H3. The summed E-state index contributed by atoms with van der Waals surface area (Å²) in [5, 5.41) is 5.12. The minimum Gasteiger partial charge on any atom is -0.269 e. The quantitative estimate of drug-likeness (QED) is 0.206. The van der Waals surface area contributed by atoms with Gasteiger partial charge in [0, 0.05) is 21.8 Å². The van der Waals surface area contributed by atoms with E-state index in [1.807, 2.05) is 0 Å². The molecule has 0 bridgehead atoms. The third-order valence-corrected chi connectivity index (χ3v) is 9.80. The van der Waals surface area contributed by atoms with Crippen LogP contribution in [0.25, 0.3) is 49.8 Å². The summed E-state index contributed by atoms with van der Waals surface area (Å²) < 4.78 is 2.53. The van der Waals surface area contributed by atoms with E-state index in [-0.39, 0.29) is 11.5 Å². The van der Waals surface area contributed by atoms with Crippen molar-refractivity contribution in [2.75, 3.05) is 5.01 Å². The van der Waals surface area contributed by atoms with E-state index in [0.29, 0.717) is 0 Å². The van der Waals surface area contributed by atoms with Crippen LogP contribution in [0.5, 0.6) is 0 Å². The number of nitrogens with zero attached hydrogens (tertiary/aromatic N) is 2. The zero-order chi connectivity index (χ0) is 29.4. The molecule has 0 N–H and O–H groups in total. The zero-order valence-corrected chi connectivity index (χ0v) is 24.9. The topological polar surface area (TPSA) is 8.17 Å². The molecule has 0 fully saturated rings. The molecule has 1 atom stereocenters. The molecule has 1 aliphatic heterocycles. The first-order chi connectivity index (χ1) is 21.6. The van der Waals surface area contributed by atoms with Crippen molar-refractivity contribution in [3.63, 3.8) is 0 Å². The van der Waals surface area contributed by atoms with Gasteiger partial charge in [0.05, 0.1) is 22.8 Å². The van der Waals surface area contributed by atoms with Gasteiger partial charge in [0.25, 0.3) is 0 Å². The van der Waals surface area contributed by atoms with Crippen molar-refractivity contribution in [2.24, 2.45) is 0 Å². The van der Waals surface area contributed by atoms with Crippen molar-refractivity contribution in [3.8, 4) is 22.3 Å². The summed E-state index contributed by atoms with van der Waals surface area (Å²) in [4.78, 5) is 0. The van der Waals surface area contributed by atoms with Crippen LogP contribution in [-0.4, -0.2) is 4.68 Å². The van der Waals surface area contributed by atoms with Crippen LogP contribution in [-0.2, 0) is 5.41 Å². The predicted molar refractivity (Wildman–Crippen MR) is 184 cm³/mol. The second-order valence-corrected chi connectivity index (χ2v) is 12.6. The van der Waals surface area contributed by atoms with Gasteiger partial charge in [-0.2, -0.15) is 0 Å². The Balaban J connectivity index is 1.34. The lowest BCUT2D eigenvalue weighted by molar-refractivity contribution is 0.630. The van der Waals surface area contributed by atoms with Gasteiger partial charge in [0.2, 0.25) is 0 Å². The fourth-order valence-electron chi connectivity index (χ4n) is 7.65. The molecule has 2 aliphatic rings. The van der Waals surface area contributed by atoms with Gasteiger partial charge in [0.15, 0.2) is 0 Å². The minimum atomic E-state index is -0.0716. The highest BCUT2D eigenvalue weighted by Crippen LogP contribution is 2.53. The van der Waals surface area contributed by atoms with Crippen LogP contribution in [0.3, 0.4) is 0 Å². The summed E-state index contributed by atoms with van der Waals surface area (Å²) in [6.07, 6.45) is 2.43. The molecule has 2 nitrogen and oxygen atoms in total. The van der Waals surface area contributed by atoms with E-state index >= 15 is 0 Å². The summed E-state index contributed by atoms with van der Waals surface area (Å²) >= 11 is 0. The molecule has 44 heavy (non-hydrogen) atoms. The third-order valence-electron chi connectivity index (χ3n) is 9.80. The smallest absolute Gasteiger partial charge is 0.0965 e. The van der Waals surface area contributed by atoms with Crippen LogP contribution in [0, 0.1) is 0 Å². The largest absolute Gasteiger partial charge is 0.269 e. The number of rotatable bonds is 4. The highest BCUT2D eigenvalue weighted by Gasteiger charge is 2.40. The summed E-state index contributed by atoms with van der Waals surface area (Å²) in [5.41, 5.74) is 14.1. The number of fused-ring (bicyclic) bond motifs is 7. The van der Waals surface area contributed by atoms with Gasteiger partial charge in [0.1, 0.15) is 0 Å². The highest BCUT2D eigenvalue weighted by molar-refractivity contribution is 6.15. The van der Waals surface area contributed by atoms with E-state index in [1.54, 1.807) is 0 Å². The average molecular weight is 565 g/mol. The molecular weight excluding hydrogens is 532 g/mol. The van der Waals surface area contributed by atoms with Crippen LogP contribution >= 0.6 is 0 Å². The Kier molecular flexibility index (Phi) is 5.34. The first kappa shape index (κ1) is 25.2. The Bertz CT molecular complexity index is 2250. The van der Waals surface area contributed by atoms with Crippen molar-refractivity contribution in [1.29, 1.82) is 0 Å². The first-order valence-corrected chi connectivity index (χ1v) is 15.5. The van der Waals surface area contributed by atoms with Crippen molar-refractivity contribution in [2.45, 2.75) is 25.3 Å². The molecule has 2 heterocycles. The molecular formula is C42H32N2. The normalized spacial score (nSPS) is 16.5. The van der Waals surface area contributed by atoms with Gasteiger partial charge in [-0.25, -0.2) is 0 Å². The fourth-order valence-corrected chi connectivity index (χ4v) is 7.65. The fraction of sp³-hybridized carbons (Fsp3) is 0.0952. The maximum atomic E-state index is 2.54. The Morgan fingerprint density at radius 2 is 1.23 bits per heavy atom. The molecule has 0 saturated heterocycles. The monoisotopic (exact) mass is 564 g/mol. The molecule has 1 aromatic heterocycles. The number of aromatic nitrogens is 1. The van der Waals surface area contributed by atoms with Gasteiger partial charge in [-0.05, 0) is 57.2 Å². The Morgan fingerprint density at radius 3 is 2.05 bits per heavy atom. The molecule has 0 amide bonds. The predicted octanol–water partition coefficient (Wildman–Crippen LogP) is 10.5. The molecule has 0 spiro atoms. The van der Waals surface area contributed by atoms with E-state index in [0.717, 1.165) is 0 Å². The van der Waals surface area contributed by atoms with Gasteiger partial charge < -0.3 is 0 Å². The molecule has 1 unspecified atom stereocenters. The van der Waals surface area contributed by atoms with E-state index in [2.05, 4.69) is 175 Å². The summed E-state index contributed by atoms with van der Waals surface area (Å²) in [7, 11) is 0. The molecule has 2 heteroatoms. The molecule has 210 valence electrons. The molecule has 9 rings (SSSR count). The SMILES string of the molecule is CC1(C)c2ccccc2-c2c1ccc1c3ccccc3n(N3C(c4ccccc4)=CC3c3cccc(-c4ccccc4)c3)c21. The zero-order valence-electron chi connectivity index (χ0n) is 24.9. The van der Waals surface area contributed by atoms with E-state index in [1.165, 1.54) is 72.0 Å². The lowest BCUT2D eigenvalue weighted by atomic mass is 9.82. The molecule has 0 radical (unpaired) electrons. The first-order valence-electron chi connectivity index (χ1n) is 15.5. The lowest BCUT2D eigenvalue weighted by Crippen LogP contribution is -2.42. The van der Waals surface area contributed by atoms with Crippen LogP contribution in [0.2, 0.25) is 0 Å². The average Bonchev–Trinajstić information content (AvgIpc) is 3.50. The van der Waals surface area contributed by atoms with Gasteiger partial charge in [-0.15, -0.1) is 0 Å². The summed E-state index contributed by atoms with van der Waals surface area (Å²) in [6, 6.07) is 53.3. The van der Waals surface area contributed by atoms with Crippen LogP contribution in [0.4, 0.5) is 0 Å². The Hall–Kier alpha value is -5.34. The van der Waals surface area contributed by atoms with E-state index in [4.69, 9.17) is 0 Å². The lowest BCUT2D eigenvalue weighted by Gasteiger charge is -2.44. The number of hydrogen-bond donors (Lipinski definition) is 0. The van der Waals surface area contributed by atoms with Crippen LogP contribution in [0.15, 0.2) is 152 Å². The van der Waals surface area contributed by atoms with Gasteiger partial charge in [-0.1, -0.05) is 147 Å². The van der Waals surface area contributed by atoms with E-state index < -0.39 is 0 Å². The summed E-state index contributed by atoms with van der Waals surface area (Å²) in [6.45, 7) is 4.74. The second kappa shape index (κ2) is 9.33. The van der Waals surface area contributed by atoms with Gasteiger partial charge >= 0.3 is 0 Å². The highest BCUT2D eigenvalue weighted by atomic mass is 15.6. The van der Waals surface area contributed by atoms with Crippen LogP contribution in [0.1, 0.15) is 42.1 Å². The minimum absolute atomic E-state index is 0.0716. The maximum absolute atomic E-state index is 2.54. The van der Waals surface area contributed by atoms with Crippen molar-refractivity contribution in [3.05, 3.63) is 174 Å². The molecule has 6 aromatic carbocycles. The maximum Gasteiger partial charge on any atom is 0.0965 e. The van der Waals surface area contributed by atoms with Crippen molar-refractivity contribution in [1.82, 2.24) is 4.68 Å². The number of para-hydroxylation sites is 1. The van der Waals surface area contributed by atoms with Gasteiger partial charge in [-0.3, -0.25) is 9.69 Å². The van der Waals surface area contributed by atoms with Crippen molar-refractivity contribution >= 4 is 27.5 Å². The summed E-state index contributed by atoms with van der Waals surface area (Å²) in [5.74, 6) is 0. The number of benzene rings is 6. The number of hydrogen-bond acceptors (Lipinski definition) is 1. The third kappa shape index (κ3) is 3.48. The Morgan fingerprint density at radius 1 is 0.545 bits per heavy atom. The molecule has 1 aliphatic carbocycles.